The standard InChI is InChI=1S/C13H8F2O3/c14-11-5-4-10(7-12(11)15)18-9-3-1-2-8(6-9)13(16)17/h1-7H,(H,16,17). The predicted molar refractivity (Wildman–Crippen MR) is 59.8 cm³/mol. The highest BCUT2D eigenvalue weighted by molar-refractivity contribution is 5.88. The molecule has 0 bridgehead atoms. The van der Waals surface area contributed by atoms with E-state index in [1.54, 1.807) is 0 Å². The SMILES string of the molecule is O=C(O)c1cccc(Oc2ccc(F)c(F)c2)c1. The van der Waals surface area contributed by atoms with Gasteiger partial charge in [0.2, 0.25) is 0 Å². The van der Waals surface area contributed by atoms with Gasteiger partial charge in [0.05, 0.1) is 5.56 Å². The number of carboxylic acid groups (broad SMARTS) is 1. The molecule has 5 heteroatoms. The molecule has 18 heavy (non-hydrogen) atoms. The van der Waals surface area contributed by atoms with E-state index in [1.807, 2.05) is 0 Å². The Bertz CT molecular complexity index is 597. The van der Waals surface area contributed by atoms with E-state index in [1.165, 1.54) is 30.3 Å². The second-order valence-electron chi connectivity index (χ2n) is 3.51. The number of carbonyl (C=O) groups is 1. The second-order valence-corrected chi connectivity index (χ2v) is 3.51. The smallest absolute Gasteiger partial charge is 0.335 e. The fraction of sp³-hybridized carbons (Fsp3) is 0. The summed E-state index contributed by atoms with van der Waals surface area (Å²) in [7, 11) is 0. The monoisotopic (exact) mass is 250 g/mol. The molecule has 0 unspecified atom stereocenters. The summed E-state index contributed by atoms with van der Waals surface area (Å²) in [5, 5.41) is 8.79. The van der Waals surface area contributed by atoms with Crippen LogP contribution < -0.4 is 4.74 Å². The van der Waals surface area contributed by atoms with E-state index in [4.69, 9.17) is 9.84 Å². The summed E-state index contributed by atoms with van der Waals surface area (Å²) >= 11 is 0. The zero-order valence-corrected chi connectivity index (χ0v) is 9.06. The minimum Gasteiger partial charge on any atom is -0.478 e. The zero-order valence-electron chi connectivity index (χ0n) is 9.06. The van der Waals surface area contributed by atoms with E-state index in [0.717, 1.165) is 12.1 Å². The average Bonchev–Trinajstić information content (AvgIpc) is 2.34. The lowest BCUT2D eigenvalue weighted by Gasteiger charge is -2.06. The van der Waals surface area contributed by atoms with E-state index in [0.29, 0.717) is 0 Å². The molecule has 0 atom stereocenters. The Morgan fingerprint density at radius 2 is 1.72 bits per heavy atom. The van der Waals surface area contributed by atoms with Crippen molar-refractivity contribution in [2.45, 2.75) is 0 Å². The molecule has 0 aliphatic rings. The van der Waals surface area contributed by atoms with Crippen LogP contribution in [-0.4, -0.2) is 11.1 Å². The van der Waals surface area contributed by atoms with Gasteiger partial charge in [-0.05, 0) is 30.3 Å². The Kier molecular flexibility index (Phi) is 3.23. The molecule has 0 saturated heterocycles. The Labute approximate surface area is 101 Å². The van der Waals surface area contributed by atoms with Gasteiger partial charge < -0.3 is 9.84 Å². The highest BCUT2D eigenvalue weighted by Gasteiger charge is 2.07. The molecular weight excluding hydrogens is 242 g/mol. The first-order chi connectivity index (χ1) is 8.56. The van der Waals surface area contributed by atoms with Crippen LogP contribution in [0.5, 0.6) is 11.5 Å². The van der Waals surface area contributed by atoms with Crippen LogP contribution in [0.15, 0.2) is 42.5 Å². The lowest BCUT2D eigenvalue weighted by Crippen LogP contribution is -1.96. The Hall–Kier alpha value is -2.43. The van der Waals surface area contributed by atoms with Gasteiger partial charge in [-0.3, -0.25) is 0 Å². The third-order valence-corrected chi connectivity index (χ3v) is 2.21. The summed E-state index contributed by atoms with van der Waals surface area (Å²) in [6.45, 7) is 0. The molecular formula is C13H8F2O3. The van der Waals surface area contributed by atoms with Gasteiger partial charge in [0, 0.05) is 6.07 Å². The van der Waals surface area contributed by atoms with Crippen LogP contribution in [0, 0.1) is 11.6 Å². The first kappa shape index (κ1) is 12.0. The molecule has 2 aromatic carbocycles. The molecule has 0 radical (unpaired) electrons. The number of hydrogen-bond donors (Lipinski definition) is 1. The minimum atomic E-state index is -1.09. The van der Waals surface area contributed by atoms with Crippen molar-refractivity contribution in [2.24, 2.45) is 0 Å². The molecule has 92 valence electrons. The highest BCUT2D eigenvalue weighted by atomic mass is 19.2. The average molecular weight is 250 g/mol. The largest absolute Gasteiger partial charge is 0.478 e. The second kappa shape index (κ2) is 4.83. The Morgan fingerprint density at radius 3 is 2.39 bits per heavy atom. The number of halogens is 2. The van der Waals surface area contributed by atoms with Gasteiger partial charge in [0.15, 0.2) is 11.6 Å². The number of benzene rings is 2. The molecule has 0 aliphatic heterocycles. The summed E-state index contributed by atoms with van der Waals surface area (Å²) in [5.41, 5.74) is 0.0510. The van der Waals surface area contributed by atoms with E-state index >= 15 is 0 Å². The maximum Gasteiger partial charge on any atom is 0.335 e. The van der Waals surface area contributed by atoms with Crippen LogP contribution in [0.2, 0.25) is 0 Å². The van der Waals surface area contributed by atoms with Crippen molar-refractivity contribution in [3.05, 3.63) is 59.7 Å². The number of aromatic carboxylic acids is 1. The van der Waals surface area contributed by atoms with Gasteiger partial charge in [-0.25, -0.2) is 13.6 Å². The van der Waals surface area contributed by atoms with E-state index in [9.17, 15) is 13.6 Å². The Balaban J connectivity index is 2.25. The topological polar surface area (TPSA) is 46.5 Å². The number of rotatable bonds is 3. The Morgan fingerprint density at radius 1 is 1.00 bits per heavy atom. The molecule has 0 aliphatic carbocycles. The fourth-order valence-corrected chi connectivity index (χ4v) is 1.37. The van der Waals surface area contributed by atoms with Crippen molar-refractivity contribution < 1.29 is 23.4 Å². The summed E-state index contributed by atoms with van der Waals surface area (Å²) < 4.78 is 30.9. The quantitative estimate of drug-likeness (QED) is 0.907. The van der Waals surface area contributed by atoms with Gasteiger partial charge in [-0.1, -0.05) is 6.07 Å². The maximum absolute atomic E-state index is 12.9. The predicted octanol–water partition coefficient (Wildman–Crippen LogP) is 3.46. The molecule has 0 amide bonds. The van der Waals surface area contributed by atoms with Crippen molar-refractivity contribution in [1.82, 2.24) is 0 Å². The first-order valence-electron chi connectivity index (χ1n) is 5.02. The normalized spacial score (nSPS) is 10.1. The molecule has 0 fully saturated rings. The van der Waals surface area contributed by atoms with E-state index in [2.05, 4.69) is 0 Å². The van der Waals surface area contributed by atoms with Gasteiger partial charge in [-0.2, -0.15) is 0 Å². The summed E-state index contributed by atoms with van der Waals surface area (Å²) in [5.74, 6) is -2.76. The molecule has 3 nitrogen and oxygen atoms in total. The summed E-state index contributed by atoms with van der Waals surface area (Å²) in [6, 6.07) is 8.80. The van der Waals surface area contributed by atoms with Gasteiger partial charge in [-0.15, -0.1) is 0 Å². The van der Waals surface area contributed by atoms with E-state index < -0.39 is 17.6 Å². The van der Waals surface area contributed by atoms with Crippen molar-refractivity contribution >= 4 is 5.97 Å². The lowest BCUT2D eigenvalue weighted by molar-refractivity contribution is 0.0696. The fourth-order valence-electron chi connectivity index (χ4n) is 1.37. The molecule has 0 saturated carbocycles. The number of carboxylic acids is 1. The van der Waals surface area contributed by atoms with Crippen LogP contribution >= 0.6 is 0 Å². The van der Waals surface area contributed by atoms with Crippen LogP contribution in [0.25, 0.3) is 0 Å². The van der Waals surface area contributed by atoms with Crippen molar-refractivity contribution in [3.8, 4) is 11.5 Å². The van der Waals surface area contributed by atoms with Crippen molar-refractivity contribution in [1.29, 1.82) is 0 Å². The summed E-state index contributed by atoms with van der Waals surface area (Å²) in [6.07, 6.45) is 0. The van der Waals surface area contributed by atoms with Gasteiger partial charge in [0.25, 0.3) is 0 Å². The van der Waals surface area contributed by atoms with Crippen LogP contribution in [-0.2, 0) is 0 Å². The minimum absolute atomic E-state index is 0.0510. The first-order valence-corrected chi connectivity index (χ1v) is 5.02. The number of ether oxygens (including phenoxy) is 1. The highest BCUT2D eigenvalue weighted by Crippen LogP contribution is 2.23. The maximum atomic E-state index is 12.9. The molecule has 2 aromatic rings. The third kappa shape index (κ3) is 2.63. The molecule has 1 N–H and O–H groups in total. The van der Waals surface area contributed by atoms with E-state index in [-0.39, 0.29) is 17.1 Å². The van der Waals surface area contributed by atoms with Crippen molar-refractivity contribution in [2.75, 3.05) is 0 Å². The lowest BCUT2D eigenvalue weighted by atomic mass is 10.2. The molecule has 0 spiro atoms. The molecule has 0 aromatic heterocycles. The van der Waals surface area contributed by atoms with Crippen LogP contribution in [0.4, 0.5) is 8.78 Å². The molecule has 2 rings (SSSR count). The van der Waals surface area contributed by atoms with Crippen LogP contribution in [0.3, 0.4) is 0 Å². The number of hydrogen-bond acceptors (Lipinski definition) is 2. The third-order valence-electron chi connectivity index (χ3n) is 2.21. The zero-order chi connectivity index (χ0) is 13.1. The van der Waals surface area contributed by atoms with Crippen LogP contribution in [0.1, 0.15) is 10.4 Å². The van der Waals surface area contributed by atoms with Crippen molar-refractivity contribution in [3.63, 3.8) is 0 Å². The van der Waals surface area contributed by atoms with Gasteiger partial charge >= 0.3 is 5.97 Å². The molecule has 0 heterocycles. The summed E-state index contributed by atoms with van der Waals surface area (Å²) in [4.78, 5) is 10.7. The van der Waals surface area contributed by atoms with Gasteiger partial charge in [0.1, 0.15) is 11.5 Å².